The van der Waals surface area contributed by atoms with Gasteiger partial charge in [0, 0.05) is 47.4 Å². The van der Waals surface area contributed by atoms with Crippen molar-refractivity contribution in [1.82, 2.24) is 10.5 Å². The fourth-order valence-corrected chi connectivity index (χ4v) is 6.76. The van der Waals surface area contributed by atoms with Crippen LogP contribution in [0.15, 0.2) is 119 Å². The number of aliphatic hydroxyl groups excluding tert-OH is 1. The maximum absolute atomic E-state index is 12.7. The van der Waals surface area contributed by atoms with E-state index in [4.69, 9.17) is 24.1 Å². The van der Waals surface area contributed by atoms with Crippen LogP contribution in [0.1, 0.15) is 67.6 Å². The molecule has 0 radical (unpaired) electrons. The van der Waals surface area contributed by atoms with E-state index in [2.05, 4.69) is 5.32 Å². The number of hydroxylamine groups is 1. The van der Waals surface area contributed by atoms with Crippen LogP contribution >= 0.6 is 11.8 Å². The number of benzene rings is 4. The first-order valence-corrected chi connectivity index (χ1v) is 18.1. The van der Waals surface area contributed by atoms with E-state index < -0.39 is 12.2 Å². The van der Waals surface area contributed by atoms with Crippen molar-refractivity contribution in [2.24, 2.45) is 0 Å². The molecule has 1 fully saturated rings. The van der Waals surface area contributed by atoms with Crippen LogP contribution in [0.25, 0.3) is 22.6 Å². The summed E-state index contributed by atoms with van der Waals surface area (Å²) in [6.45, 7) is -0.0394. The lowest BCUT2D eigenvalue weighted by Crippen LogP contribution is -2.31. The molecule has 1 aromatic heterocycles. The quantitative estimate of drug-likeness (QED) is 0.0366. The summed E-state index contributed by atoms with van der Waals surface area (Å²) in [5.41, 5.74) is 7.52. The van der Waals surface area contributed by atoms with E-state index in [1.165, 1.54) is 11.8 Å². The molecule has 0 bridgehead atoms. The molecule has 4 N–H and O–H groups in total. The molecule has 0 spiro atoms. The van der Waals surface area contributed by atoms with E-state index >= 15 is 0 Å². The van der Waals surface area contributed by atoms with Gasteiger partial charge in [0.25, 0.3) is 5.22 Å². The minimum Gasteiger partial charge on any atom is -0.431 e. The first-order valence-electron chi connectivity index (χ1n) is 17.1. The number of nitrogens with one attached hydrogen (secondary N) is 2. The highest BCUT2D eigenvalue weighted by molar-refractivity contribution is 7.99. The first kappa shape index (κ1) is 36.0. The van der Waals surface area contributed by atoms with Crippen molar-refractivity contribution >= 4 is 29.3 Å². The average molecular weight is 708 g/mol. The standard InChI is InChI=1S/C40H41N3O7S/c44-25-27-19-21-28(22-20-27)34-24-33(26-51-40-42-37(29-11-4-1-5-12-29)38(50-40)30-13-6-2-7-14-30)48-39(49-34)31-15-10-16-32(23-31)41-35(45)17-8-3-9-18-36(46)43-47/h1-2,4-7,10-16,19-23,33-34,39,44,47H,3,8-9,17-18,24-26H2,(H,41,45)(H,43,46)/t33-,34+,39+/m0/s1. The predicted molar refractivity (Wildman–Crippen MR) is 195 cm³/mol. The number of oxazole rings is 1. The number of nitrogens with zero attached hydrogens (tertiary/aromatic N) is 1. The molecule has 0 aliphatic carbocycles. The van der Waals surface area contributed by atoms with Gasteiger partial charge in [-0.2, -0.15) is 0 Å². The molecule has 0 unspecified atom stereocenters. The number of hydrogen-bond donors (Lipinski definition) is 4. The van der Waals surface area contributed by atoms with Crippen LogP contribution in [0.2, 0.25) is 0 Å². The van der Waals surface area contributed by atoms with Crippen LogP contribution in [-0.4, -0.2) is 39.0 Å². The van der Waals surface area contributed by atoms with Crippen molar-refractivity contribution in [3.63, 3.8) is 0 Å². The van der Waals surface area contributed by atoms with Gasteiger partial charge in [-0.3, -0.25) is 14.8 Å². The molecular formula is C40H41N3O7S. The molecule has 3 atom stereocenters. The van der Waals surface area contributed by atoms with E-state index in [-0.39, 0.29) is 31.1 Å². The van der Waals surface area contributed by atoms with Gasteiger partial charge < -0.3 is 24.3 Å². The van der Waals surface area contributed by atoms with Crippen LogP contribution < -0.4 is 10.8 Å². The fourth-order valence-electron chi connectivity index (χ4n) is 5.92. The van der Waals surface area contributed by atoms with Crippen molar-refractivity contribution in [1.29, 1.82) is 0 Å². The summed E-state index contributed by atoms with van der Waals surface area (Å²) < 4.78 is 19.5. The number of ether oxygens (including phenoxy) is 2. The number of unbranched alkanes of at least 4 members (excludes halogenated alkanes) is 2. The molecule has 2 heterocycles. The third-order valence-corrected chi connectivity index (χ3v) is 9.53. The van der Waals surface area contributed by atoms with Crippen LogP contribution in [0, 0.1) is 0 Å². The Bertz CT molecular complexity index is 1810. The summed E-state index contributed by atoms with van der Waals surface area (Å²) in [6.07, 6.45) is 1.82. The maximum Gasteiger partial charge on any atom is 0.256 e. The molecule has 6 rings (SSSR count). The van der Waals surface area contributed by atoms with Crippen molar-refractivity contribution in [3.8, 4) is 22.6 Å². The number of anilines is 1. The summed E-state index contributed by atoms with van der Waals surface area (Å²) in [7, 11) is 0. The molecule has 1 aliphatic rings. The van der Waals surface area contributed by atoms with Gasteiger partial charge in [-0.1, -0.05) is 115 Å². The van der Waals surface area contributed by atoms with Gasteiger partial charge in [0.1, 0.15) is 5.69 Å². The van der Waals surface area contributed by atoms with Gasteiger partial charge in [-0.05, 0) is 36.1 Å². The summed E-state index contributed by atoms with van der Waals surface area (Å²) in [6, 6.07) is 35.2. The van der Waals surface area contributed by atoms with Crippen LogP contribution in [0.5, 0.6) is 0 Å². The second-order valence-corrected chi connectivity index (χ2v) is 13.3. The van der Waals surface area contributed by atoms with Crippen LogP contribution in [0.3, 0.4) is 0 Å². The Labute approximate surface area is 301 Å². The lowest BCUT2D eigenvalue weighted by Gasteiger charge is -2.36. The number of aromatic nitrogens is 1. The molecule has 2 amide bonds. The largest absolute Gasteiger partial charge is 0.431 e. The Morgan fingerprint density at radius 3 is 2.20 bits per heavy atom. The van der Waals surface area contributed by atoms with Gasteiger partial charge in [-0.25, -0.2) is 10.5 Å². The second-order valence-electron chi connectivity index (χ2n) is 12.3. The number of carbonyl (C=O) groups is 2. The first-order chi connectivity index (χ1) is 25.0. The lowest BCUT2D eigenvalue weighted by molar-refractivity contribution is -0.245. The Hall–Kier alpha value is -4.78. The highest BCUT2D eigenvalue weighted by atomic mass is 32.2. The van der Waals surface area contributed by atoms with E-state index in [1.54, 1.807) is 5.48 Å². The lowest BCUT2D eigenvalue weighted by atomic mass is 10.0. The van der Waals surface area contributed by atoms with Gasteiger partial charge in [0.15, 0.2) is 12.1 Å². The van der Waals surface area contributed by atoms with Gasteiger partial charge >= 0.3 is 0 Å². The summed E-state index contributed by atoms with van der Waals surface area (Å²) >= 11 is 1.49. The molecule has 0 saturated carbocycles. The van der Waals surface area contributed by atoms with E-state index in [0.717, 1.165) is 33.5 Å². The molecule has 10 nitrogen and oxygen atoms in total. The molecule has 11 heteroatoms. The molecule has 264 valence electrons. The minimum atomic E-state index is -0.703. The third-order valence-electron chi connectivity index (χ3n) is 8.57. The maximum atomic E-state index is 12.7. The van der Waals surface area contributed by atoms with E-state index in [9.17, 15) is 14.7 Å². The van der Waals surface area contributed by atoms with E-state index in [1.807, 2.05) is 109 Å². The topological polar surface area (TPSA) is 143 Å². The summed E-state index contributed by atoms with van der Waals surface area (Å²) in [5, 5.41) is 21.7. The predicted octanol–water partition coefficient (Wildman–Crippen LogP) is 8.23. The van der Waals surface area contributed by atoms with Gasteiger partial charge in [0.2, 0.25) is 11.8 Å². The molecular weight excluding hydrogens is 667 g/mol. The van der Waals surface area contributed by atoms with Gasteiger partial charge in [0.05, 0.1) is 18.8 Å². The summed E-state index contributed by atoms with van der Waals surface area (Å²) in [4.78, 5) is 28.8. The fraction of sp³-hybridized carbons (Fsp3) is 0.275. The van der Waals surface area contributed by atoms with Crippen molar-refractivity contribution in [2.75, 3.05) is 11.1 Å². The van der Waals surface area contributed by atoms with Crippen LogP contribution in [-0.2, 0) is 25.7 Å². The highest BCUT2D eigenvalue weighted by Gasteiger charge is 2.33. The van der Waals surface area contributed by atoms with Crippen molar-refractivity contribution in [3.05, 3.63) is 126 Å². The number of aliphatic hydroxyl groups is 1. The van der Waals surface area contributed by atoms with Crippen LogP contribution in [0.4, 0.5) is 5.69 Å². The number of amides is 2. The Kier molecular flexibility index (Phi) is 12.7. The number of carbonyl (C=O) groups excluding carboxylic acids is 2. The molecule has 1 aliphatic heterocycles. The Morgan fingerprint density at radius 2 is 1.49 bits per heavy atom. The molecule has 5 aromatic rings. The van der Waals surface area contributed by atoms with E-state index in [0.29, 0.717) is 54.5 Å². The number of rotatable bonds is 15. The summed E-state index contributed by atoms with van der Waals surface area (Å²) in [5.74, 6) is 0.714. The highest BCUT2D eigenvalue weighted by Crippen LogP contribution is 2.41. The van der Waals surface area contributed by atoms with Gasteiger partial charge in [-0.15, -0.1) is 0 Å². The Balaban J connectivity index is 1.16. The molecule has 4 aromatic carbocycles. The molecule has 51 heavy (non-hydrogen) atoms. The minimum absolute atomic E-state index is 0.0394. The molecule has 1 saturated heterocycles. The van der Waals surface area contributed by atoms with Crippen molar-refractivity contribution < 1.29 is 33.8 Å². The monoisotopic (exact) mass is 707 g/mol. The third kappa shape index (κ3) is 9.93. The SMILES string of the molecule is O=C(CCCCCC(=O)Nc1cccc([C@@H]2O[C@H](CSc3nc(-c4ccccc4)c(-c4ccccc4)o3)C[C@H](c3ccc(CO)cc3)O2)c1)NO. The Morgan fingerprint density at radius 1 is 0.784 bits per heavy atom. The average Bonchev–Trinajstić information content (AvgIpc) is 3.62. The number of thioether (sulfide) groups is 1. The zero-order valence-corrected chi connectivity index (χ0v) is 28.9. The normalized spacial score (nSPS) is 17.2. The number of hydrogen-bond acceptors (Lipinski definition) is 9. The zero-order chi connectivity index (χ0) is 35.4. The second kappa shape index (κ2) is 17.9. The van der Waals surface area contributed by atoms with Crippen molar-refractivity contribution in [2.45, 2.75) is 68.9 Å². The zero-order valence-electron chi connectivity index (χ0n) is 28.1. The smallest absolute Gasteiger partial charge is 0.256 e.